The van der Waals surface area contributed by atoms with Gasteiger partial charge in [0.05, 0.1) is 39.1 Å². The van der Waals surface area contributed by atoms with Gasteiger partial charge in [0, 0.05) is 19.4 Å². The van der Waals surface area contributed by atoms with Crippen LogP contribution in [0.5, 0.6) is 0 Å². The van der Waals surface area contributed by atoms with Crippen LogP contribution >= 0.6 is 0 Å². The van der Waals surface area contributed by atoms with Crippen LogP contribution in [-0.2, 0) is 9.59 Å². The lowest BCUT2D eigenvalue weighted by Crippen LogP contribution is -2.62. The summed E-state index contributed by atoms with van der Waals surface area (Å²) in [5.41, 5.74) is 0. The Hall–Kier alpha value is -1.14. The molecule has 2 atom stereocenters. The summed E-state index contributed by atoms with van der Waals surface area (Å²) in [5, 5.41) is 17.4. The van der Waals surface area contributed by atoms with Crippen LogP contribution < -0.4 is 0 Å². The maximum absolute atomic E-state index is 10.6. The van der Waals surface area contributed by atoms with Gasteiger partial charge in [-0.2, -0.15) is 0 Å². The molecule has 6 nitrogen and oxygen atoms in total. The molecular weight excluding hydrogens is 260 g/mol. The molecule has 20 heavy (non-hydrogen) atoms. The molecule has 0 bridgehead atoms. The van der Waals surface area contributed by atoms with Gasteiger partial charge in [-0.3, -0.25) is 14.5 Å². The molecule has 1 fully saturated rings. The second kappa shape index (κ2) is 7.59. The maximum atomic E-state index is 10.6. The van der Waals surface area contributed by atoms with Gasteiger partial charge in [-0.05, 0) is 19.9 Å². The van der Waals surface area contributed by atoms with E-state index in [1.165, 1.54) is 0 Å². The molecule has 6 heteroatoms. The minimum atomic E-state index is -0.732. The topological polar surface area (TPSA) is 77.8 Å². The number of piperazine rings is 1. The van der Waals surface area contributed by atoms with Crippen LogP contribution in [0, 0.1) is 0 Å². The second-order valence-corrected chi connectivity index (χ2v) is 6.07. The Morgan fingerprint density at radius 2 is 1.80 bits per heavy atom. The van der Waals surface area contributed by atoms with E-state index in [9.17, 15) is 9.59 Å². The number of quaternary nitrogens is 1. The Labute approximate surface area is 120 Å². The van der Waals surface area contributed by atoms with E-state index < -0.39 is 11.9 Å². The minimum absolute atomic E-state index is 0.232. The lowest BCUT2D eigenvalue weighted by molar-refractivity contribution is -0.936. The fraction of sp³-hybridized carbons (Fsp3) is 0.857. The Bertz CT molecular complexity index is 348. The predicted molar refractivity (Wildman–Crippen MR) is 75.6 cm³/mol. The van der Waals surface area contributed by atoms with E-state index >= 15 is 0 Å². The summed E-state index contributed by atoms with van der Waals surface area (Å²) in [7, 11) is 2.20. The Kier molecular flexibility index (Phi) is 6.42. The molecule has 0 radical (unpaired) electrons. The normalized spacial score (nSPS) is 27.4. The number of hydrogen-bond donors (Lipinski definition) is 2. The van der Waals surface area contributed by atoms with Gasteiger partial charge in [-0.1, -0.05) is 0 Å². The van der Waals surface area contributed by atoms with E-state index in [1.54, 1.807) is 0 Å². The zero-order valence-corrected chi connectivity index (χ0v) is 12.5. The van der Waals surface area contributed by atoms with Crippen LogP contribution in [0.3, 0.4) is 0 Å². The van der Waals surface area contributed by atoms with Gasteiger partial charge in [-0.25, -0.2) is 0 Å². The van der Waals surface area contributed by atoms with Gasteiger partial charge in [0.1, 0.15) is 0 Å². The highest BCUT2D eigenvalue weighted by molar-refractivity contribution is 5.66. The minimum Gasteiger partial charge on any atom is -0.481 e. The molecule has 0 spiro atoms. The Balaban J connectivity index is 2.34. The monoisotopic (exact) mass is 287 g/mol. The number of aliphatic carboxylic acids is 2. The quantitative estimate of drug-likeness (QED) is 0.648. The average molecular weight is 287 g/mol. The Morgan fingerprint density at radius 1 is 1.20 bits per heavy atom. The molecule has 0 aromatic carbocycles. The summed E-state index contributed by atoms with van der Waals surface area (Å²) in [5.74, 6) is -1.46. The van der Waals surface area contributed by atoms with Gasteiger partial charge >= 0.3 is 11.9 Å². The smallest absolute Gasteiger partial charge is 0.303 e. The van der Waals surface area contributed by atoms with E-state index in [0.29, 0.717) is 12.5 Å². The van der Waals surface area contributed by atoms with Crippen LogP contribution in [-0.4, -0.2) is 77.3 Å². The van der Waals surface area contributed by atoms with Crippen LogP contribution in [0.25, 0.3) is 0 Å². The molecule has 1 saturated heterocycles. The largest absolute Gasteiger partial charge is 0.481 e. The molecule has 0 amide bonds. The molecular formula is C14H27N2O4+. The van der Waals surface area contributed by atoms with Crippen LogP contribution in [0.2, 0.25) is 0 Å². The molecule has 1 heterocycles. The van der Waals surface area contributed by atoms with Gasteiger partial charge in [0.15, 0.2) is 0 Å². The van der Waals surface area contributed by atoms with Gasteiger partial charge < -0.3 is 14.7 Å². The van der Waals surface area contributed by atoms with Crippen molar-refractivity contribution in [1.29, 1.82) is 0 Å². The second-order valence-electron chi connectivity index (χ2n) is 6.07. The number of nitrogens with zero attached hydrogens (tertiary/aromatic N) is 2. The standard InChI is InChI=1S/C14H26N2O4/c1-12-11-15(7-3-5-13(17)18)8-10-16(12,2)9-4-6-14(19)20/h12H,3-11H2,1-2H3,(H-,17,18,19,20)/p+1. The highest BCUT2D eigenvalue weighted by Gasteiger charge is 2.34. The van der Waals surface area contributed by atoms with Crippen molar-refractivity contribution in [1.82, 2.24) is 4.90 Å². The maximum Gasteiger partial charge on any atom is 0.303 e. The van der Waals surface area contributed by atoms with Crippen LogP contribution in [0.1, 0.15) is 32.6 Å². The number of likely N-dealkylation sites (N-methyl/N-ethyl adjacent to an activating group) is 1. The lowest BCUT2D eigenvalue weighted by Gasteiger charge is -2.47. The third-order valence-corrected chi connectivity index (χ3v) is 4.44. The van der Waals surface area contributed by atoms with E-state index in [4.69, 9.17) is 10.2 Å². The first-order valence-electron chi connectivity index (χ1n) is 7.33. The van der Waals surface area contributed by atoms with Crippen molar-refractivity contribution in [2.45, 2.75) is 38.6 Å². The van der Waals surface area contributed by atoms with Gasteiger partial charge in [0.25, 0.3) is 0 Å². The number of carboxylic acids is 2. The molecule has 0 aromatic rings. The van der Waals surface area contributed by atoms with Crippen LogP contribution in [0.4, 0.5) is 0 Å². The summed E-state index contributed by atoms with van der Waals surface area (Å²) < 4.78 is 0.919. The molecule has 1 aliphatic heterocycles. The van der Waals surface area contributed by atoms with E-state index in [1.807, 2.05) is 0 Å². The molecule has 116 valence electrons. The van der Waals surface area contributed by atoms with Crippen molar-refractivity contribution in [2.24, 2.45) is 0 Å². The summed E-state index contributed by atoms with van der Waals surface area (Å²) in [6.45, 7) is 6.87. The number of hydrogen-bond acceptors (Lipinski definition) is 3. The van der Waals surface area contributed by atoms with Crippen molar-refractivity contribution in [3.8, 4) is 0 Å². The molecule has 1 rings (SSSR count). The molecule has 0 aliphatic carbocycles. The summed E-state index contributed by atoms with van der Waals surface area (Å²) >= 11 is 0. The number of rotatable bonds is 8. The van der Waals surface area contributed by atoms with Gasteiger partial charge in [0.2, 0.25) is 0 Å². The first-order chi connectivity index (χ1) is 9.33. The van der Waals surface area contributed by atoms with Crippen molar-refractivity contribution in [3.63, 3.8) is 0 Å². The summed E-state index contributed by atoms with van der Waals surface area (Å²) in [4.78, 5) is 23.4. The van der Waals surface area contributed by atoms with E-state index in [0.717, 1.165) is 43.6 Å². The van der Waals surface area contributed by atoms with Gasteiger partial charge in [-0.15, -0.1) is 0 Å². The fourth-order valence-electron chi connectivity index (χ4n) is 2.83. The first kappa shape index (κ1) is 16.9. The van der Waals surface area contributed by atoms with Crippen molar-refractivity contribution in [3.05, 3.63) is 0 Å². The summed E-state index contributed by atoms with van der Waals surface area (Å²) in [6.07, 6.45) is 1.89. The van der Waals surface area contributed by atoms with E-state index in [2.05, 4.69) is 18.9 Å². The third kappa shape index (κ3) is 5.46. The van der Waals surface area contributed by atoms with E-state index in [-0.39, 0.29) is 12.8 Å². The lowest BCUT2D eigenvalue weighted by atomic mass is 10.1. The molecule has 0 aromatic heterocycles. The highest BCUT2D eigenvalue weighted by atomic mass is 16.4. The zero-order chi connectivity index (χ0) is 15.2. The number of carbonyl (C=O) groups is 2. The average Bonchev–Trinajstić information content (AvgIpc) is 2.33. The fourth-order valence-corrected chi connectivity index (χ4v) is 2.83. The molecule has 2 N–H and O–H groups in total. The third-order valence-electron chi connectivity index (χ3n) is 4.44. The van der Waals surface area contributed by atoms with Crippen LogP contribution in [0.15, 0.2) is 0 Å². The SMILES string of the molecule is CC1CN(CCCC(=O)O)CC[N+]1(C)CCCC(=O)O. The zero-order valence-electron chi connectivity index (χ0n) is 12.5. The first-order valence-corrected chi connectivity index (χ1v) is 7.33. The molecule has 2 unspecified atom stereocenters. The molecule has 1 aliphatic rings. The number of carboxylic acid groups (broad SMARTS) is 2. The summed E-state index contributed by atoms with van der Waals surface area (Å²) in [6, 6.07) is 0.461. The molecule has 0 saturated carbocycles. The highest BCUT2D eigenvalue weighted by Crippen LogP contribution is 2.19. The van der Waals surface area contributed by atoms with Crippen molar-refractivity contribution >= 4 is 11.9 Å². The van der Waals surface area contributed by atoms with Crippen molar-refractivity contribution in [2.75, 3.05) is 39.8 Å². The predicted octanol–water partition coefficient (Wildman–Crippen LogP) is 0.867. The Morgan fingerprint density at radius 3 is 2.35 bits per heavy atom. The van der Waals surface area contributed by atoms with Crippen molar-refractivity contribution < 1.29 is 24.3 Å².